The maximum atomic E-state index is 12.2. The molecule has 2 saturated heterocycles. The number of likely N-dealkylation sites (tertiary alicyclic amines) is 1. The molecule has 0 aromatic heterocycles. The van der Waals surface area contributed by atoms with Gasteiger partial charge < -0.3 is 10.2 Å². The first kappa shape index (κ1) is 12.2. The topological polar surface area (TPSA) is 49.4 Å². The molecule has 0 unspecified atom stereocenters. The fraction of sp³-hybridized carbons (Fsp3) is 0.467. The van der Waals surface area contributed by atoms with E-state index in [9.17, 15) is 9.59 Å². The summed E-state index contributed by atoms with van der Waals surface area (Å²) in [6.07, 6.45) is 1.13. The van der Waals surface area contributed by atoms with Gasteiger partial charge in [-0.2, -0.15) is 0 Å². The smallest absolute Gasteiger partial charge is 0.228 e. The van der Waals surface area contributed by atoms with E-state index in [1.165, 1.54) is 0 Å². The molecule has 4 heteroatoms. The molecule has 4 nitrogen and oxygen atoms in total. The summed E-state index contributed by atoms with van der Waals surface area (Å²) in [5, 5.41) is 2.85. The number of carbonyl (C=O) groups excluding carboxylic acids is 2. The van der Waals surface area contributed by atoms with Crippen LogP contribution < -0.4 is 5.32 Å². The maximum Gasteiger partial charge on any atom is 0.228 e. The Balaban J connectivity index is 1.83. The zero-order chi connectivity index (χ0) is 13.5. The predicted molar refractivity (Wildman–Crippen MR) is 71.2 cm³/mol. The second-order valence-electron chi connectivity index (χ2n) is 5.57. The van der Waals surface area contributed by atoms with E-state index in [2.05, 4.69) is 5.32 Å². The normalized spacial score (nSPS) is 27.9. The van der Waals surface area contributed by atoms with E-state index in [1.807, 2.05) is 42.2 Å². The summed E-state index contributed by atoms with van der Waals surface area (Å²) in [4.78, 5) is 26.0. The molecule has 1 aromatic rings. The Kier molecular flexibility index (Phi) is 2.81. The van der Waals surface area contributed by atoms with Crippen molar-refractivity contribution in [2.45, 2.75) is 25.8 Å². The average Bonchev–Trinajstić information content (AvgIpc) is 2.94. The summed E-state index contributed by atoms with van der Waals surface area (Å²) in [5.74, 6) is 0.136. The van der Waals surface area contributed by atoms with Crippen molar-refractivity contribution >= 4 is 11.8 Å². The highest BCUT2D eigenvalue weighted by atomic mass is 16.2. The van der Waals surface area contributed by atoms with E-state index in [0.29, 0.717) is 19.5 Å². The first-order valence-electron chi connectivity index (χ1n) is 6.75. The third-order valence-electron chi connectivity index (χ3n) is 4.40. The van der Waals surface area contributed by atoms with Crippen molar-refractivity contribution < 1.29 is 9.59 Å². The molecule has 2 amide bonds. The number of benzene rings is 1. The fourth-order valence-electron chi connectivity index (χ4n) is 3.16. The van der Waals surface area contributed by atoms with Crippen LogP contribution in [-0.4, -0.2) is 29.8 Å². The molecule has 1 N–H and O–H groups in total. The maximum absolute atomic E-state index is 12.2. The van der Waals surface area contributed by atoms with Gasteiger partial charge in [0, 0.05) is 19.5 Å². The standard InChI is InChI=1S/C15H18N2O2/c1-11(12-5-3-2-4-6-12)17-10-15(9-13(17)18)7-8-16-14(15)19/h2-6,11H,7-10H2,1H3,(H,16,19)/t11-,15+/m0/s1. The molecule has 2 aliphatic rings. The van der Waals surface area contributed by atoms with Gasteiger partial charge in [-0.3, -0.25) is 9.59 Å². The second-order valence-corrected chi connectivity index (χ2v) is 5.57. The number of amides is 2. The van der Waals surface area contributed by atoms with Crippen molar-refractivity contribution in [3.05, 3.63) is 35.9 Å². The monoisotopic (exact) mass is 258 g/mol. The van der Waals surface area contributed by atoms with Gasteiger partial charge in [0.1, 0.15) is 0 Å². The van der Waals surface area contributed by atoms with E-state index >= 15 is 0 Å². The molecule has 2 atom stereocenters. The lowest BCUT2D eigenvalue weighted by atomic mass is 9.85. The molecule has 2 aliphatic heterocycles. The van der Waals surface area contributed by atoms with E-state index < -0.39 is 5.41 Å². The van der Waals surface area contributed by atoms with Gasteiger partial charge in [0.05, 0.1) is 11.5 Å². The lowest BCUT2D eigenvalue weighted by Gasteiger charge is -2.27. The van der Waals surface area contributed by atoms with Crippen LogP contribution in [0.3, 0.4) is 0 Å². The van der Waals surface area contributed by atoms with Crippen LogP contribution in [0.1, 0.15) is 31.4 Å². The Morgan fingerprint density at radius 3 is 2.63 bits per heavy atom. The SMILES string of the molecule is C[C@@H](c1ccccc1)N1C[C@@]2(CCNC2=O)CC1=O. The number of carbonyl (C=O) groups is 2. The molecule has 0 aliphatic carbocycles. The Bertz CT molecular complexity index is 514. The van der Waals surface area contributed by atoms with E-state index in [1.54, 1.807) is 0 Å². The van der Waals surface area contributed by atoms with Crippen molar-refractivity contribution in [3.63, 3.8) is 0 Å². The van der Waals surface area contributed by atoms with E-state index in [0.717, 1.165) is 12.0 Å². The van der Waals surface area contributed by atoms with Crippen molar-refractivity contribution in [2.24, 2.45) is 5.41 Å². The van der Waals surface area contributed by atoms with Crippen molar-refractivity contribution in [3.8, 4) is 0 Å². The number of hydrogen-bond donors (Lipinski definition) is 1. The molecule has 19 heavy (non-hydrogen) atoms. The van der Waals surface area contributed by atoms with Crippen LogP contribution >= 0.6 is 0 Å². The quantitative estimate of drug-likeness (QED) is 0.873. The van der Waals surface area contributed by atoms with Gasteiger partial charge >= 0.3 is 0 Å². The van der Waals surface area contributed by atoms with E-state index in [-0.39, 0.29) is 17.9 Å². The average molecular weight is 258 g/mol. The summed E-state index contributed by atoms with van der Waals surface area (Å²) in [5.41, 5.74) is 0.645. The lowest BCUT2D eigenvalue weighted by molar-refractivity contribution is -0.131. The van der Waals surface area contributed by atoms with Gasteiger partial charge in [-0.25, -0.2) is 0 Å². The van der Waals surface area contributed by atoms with Crippen molar-refractivity contribution in [1.82, 2.24) is 10.2 Å². The lowest BCUT2D eigenvalue weighted by Crippen LogP contribution is -2.35. The van der Waals surface area contributed by atoms with Crippen LogP contribution in [0.2, 0.25) is 0 Å². The van der Waals surface area contributed by atoms with Crippen LogP contribution in [0, 0.1) is 5.41 Å². The third kappa shape index (κ3) is 1.91. The van der Waals surface area contributed by atoms with Crippen molar-refractivity contribution in [2.75, 3.05) is 13.1 Å². The summed E-state index contributed by atoms with van der Waals surface area (Å²) < 4.78 is 0. The van der Waals surface area contributed by atoms with Gasteiger partial charge in [0.25, 0.3) is 0 Å². The molecule has 0 saturated carbocycles. The van der Waals surface area contributed by atoms with Crippen LogP contribution in [0.25, 0.3) is 0 Å². The highest BCUT2D eigenvalue weighted by Crippen LogP contribution is 2.41. The van der Waals surface area contributed by atoms with Gasteiger partial charge in [-0.15, -0.1) is 0 Å². The highest BCUT2D eigenvalue weighted by molar-refractivity contribution is 5.94. The highest BCUT2D eigenvalue weighted by Gasteiger charge is 2.52. The second kappa shape index (κ2) is 4.37. The predicted octanol–water partition coefficient (Wildman–Crippen LogP) is 1.49. The molecule has 0 bridgehead atoms. The minimum atomic E-state index is -0.472. The number of nitrogens with zero attached hydrogens (tertiary/aromatic N) is 1. The first-order chi connectivity index (χ1) is 9.12. The fourth-order valence-corrected chi connectivity index (χ4v) is 3.16. The Morgan fingerprint density at radius 1 is 1.26 bits per heavy atom. The van der Waals surface area contributed by atoms with Crippen LogP contribution in [0.5, 0.6) is 0 Å². The zero-order valence-electron chi connectivity index (χ0n) is 11.1. The van der Waals surface area contributed by atoms with Gasteiger partial charge in [-0.1, -0.05) is 30.3 Å². The van der Waals surface area contributed by atoms with Crippen LogP contribution in [0.4, 0.5) is 0 Å². The number of nitrogens with one attached hydrogen (secondary N) is 1. The molecule has 1 spiro atoms. The molecule has 1 aromatic carbocycles. The van der Waals surface area contributed by atoms with Crippen LogP contribution in [0.15, 0.2) is 30.3 Å². The van der Waals surface area contributed by atoms with E-state index in [4.69, 9.17) is 0 Å². The van der Waals surface area contributed by atoms with Gasteiger partial charge in [0.2, 0.25) is 11.8 Å². The minimum absolute atomic E-state index is 0.0291. The molecular formula is C15H18N2O2. The summed E-state index contributed by atoms with van der Waals surface area (Å²) >= 11 is 0. The summed E-state index contributed by atoms with van der Waals surface area (Å²) in [6.45, 7) is 3.27. The largest absolute Gasteiger partial charge is 0.356 e. The molecule has 3 rings (SSSR count). The Labute approximate surface area is 112 Å². The summed E-state index contributed by atoms with van der Waals surface area (Å²) in [7, 11) is 0. The van der Waals surface area contributed by atoms with Gasteiger partial charge in [-0.05, 0) is 18.9 Å². The Morgan fingerprint density at radius 2 is 2.00 bits per heavy atom. The van der Waals surface area contributed by atoms with Crippen molar-refractivity contribution in [1.29, 1.82) is 0 Å². The van der Waals surface area contributed by atoms with Gasteiger partial charge in [0.15, 0.2) is 0 Å². The van der Waals surface area contributed by atoms with Crippen LogP contribution in [-0.2, 0) is 9.59 Å². The summed E-state index contributed by atoms with van der Waals surface area (Å²) in [6, 6.07) is 10.00. The number of hydrogen-bond acceptors (Lipinski definition) is 2. The number of rotatable bonds is 2. The zero-order valence-corrected chi connectivity index (χ0v) is 11.1. The molecule has 100 valence electrons. The molecule has 0 radical (unpaired) electrons. The first-order valence-corrected chi connectivity index (χ1v) is 6.75. The molecule has 2 heterocycles. The Hall–Kier alpha value is -1.84. The molecule has 2 fully saturated rings. The minimum Gasteiger partial charge on any atom is -0.356 e. The third-order valence-corrected chi connectivity index (χ3v) is 4.40. The molecular weight excluding hydrogens is 240 g/mol.